The highest BCUT2D eigenvalue weighted by atomic mass is 19.4. The van der Waals surface area contributed by atoms with Crippen molar-refractivity contribution in [2.75, 3.05) is 6.61 Å². The molecule has 1 aromatic heterocycles. The van der Waals surface area contributed by atoms with E-state index in [-0.39, 0.29) is 11.9 Å². The van der Waals surface area contributed by atoms with Crippen LogP contribution >= 0.6 is 0 Å². The van der Waals surface area contributed by atoms with Crippen LogP contribution in [0.25, 0.3) is 11.1 Å². The Hall–Kier alpha value is -3.35. The second-order valence-electron chi connectivity index (χ2n) is 7.20. The number of hydrogen-bond donors (Lipinski definition) is 0. The lowest BCUT2D eigenvalue weighted by atomic mass is 10.0. The number of fused-ring (bicyclic) bond motifs is 1. The molecule has 1 atom stereocenters. The maximum Gasteiger partial charge on any atom is 0.416 e. The van der Waals surface area contributed by atoms with Gasteiger partial charge in [0.05, 0.1) is 29.4 Å². The third-order valence-corrected chi connectivity index (χ3v) is 5.09. The molecule has 1 unspecified atom stereocenters. The van der Waals surface area contributed by atoms with Crippen molar-refractivity contribution in [1.29, 1.82) is 0 Å². The standard InChI is InChI=1S/C23H19F3N2O2/c1-15-14-30-21-10-7-17(16-5-8-18(9-6-16)23(24,25)26)12-20(21)22(29)28(15)13-19-4-2-3-11-27-19/h2-12,15H,13-14H2,1H3. The molecule has 7 heteroatoms. The number of pyridine rings is 1. The van der Waals surface area contributed by atoms with Crippen molar-refractivity contribution in [2.45, 2.75) is 25.7 Å². The van der Waals surface area contributed by atoms with Crippen molar-refractivity contribution in [3.8, 4) is 16.9 Å². The SMILES string of the molecule is CC1COc2ccc(-c3ccc(C(F)(F)F)cc3)cc2C(=O)N1Cc1ccccn1. The van der Waals surface area contributed by atoms with E-state index in [9.17, 15) is 18.0 Å². The van der Waals surface area contributed by atoms with Crippen molar-refractivity contribution in [2.24, 2.45) is 0 Å². The molecule has 1 amide bonds. The minimum Gasteiger partial charge on any atom is -0.491 e. The fraction of sp³-hybridized carbons (Fsp3) is 0.217. The fourth-order valence-electron chi connectivity index (χ4n) is 3.40. The highest BCUT2D eigenvalue weighted by Crippen LogP contribution is 2.33. The van der Waals surface area contributed by atoms with E-state index in [1.807, 2.05) is 25.1 Å². The van der Waals surface area contributed by atoms with Crippen molar-refractivity contribution in [3.63, 3.8) is 0 Å². The van der Waals surface area contributed by atoms with E-state index in [0.29, 0.717) is 35.6 Å². The topological polar surface area (TPSA) is 42.4 Å². The number of carbonyl (C=O) groups is 1. The monoisotopic (exact) mass is 412 g/mol. The van der Waals surface area contributed by atoms with Gasteiger partial charge in [0.15, 0.2) is 0 Å². The Kier molecular flexibility index (Phi) is 5.20. The van der Waals surface area contributed by atoms with Gasteiger partial charge in [-0.1, -0.05) is 24.3 Å². The smallest absolute Gasteiger partial charge is 0.416 e. The van der Waals surface area contributed by atoms with Gasteiger partial charge in [-0.3, -0.25) is 9.78 Å². The lowest BCUT2D eigenvalue weighted by Gasteiger charge is -2.26. The molecule has 0 saturated heterocycles. The van der Waals surface area contributed by atoms with Crippen LogP contribution in [0.1, 0.15) is 28.5 Å². The molecule has 0 bridgehead atoms. The van der Waals surface area contributed by atoms with Crippen LogP contribution < -0.4 is 4.74 Å². The first-order valence-corrected chi connectivity index (χ1v) is 9.48. The molecule has 1 aliphatic rings. The maximum atomic E-state index is 13.3. The second-order valence-corrected chi connectivity index (χ2v) is 7.20. The van der Waals surface area contributed by atoms with Gasteiger partial charge in [-0.15, -0.1) is 0 Å². The quantitative estimate of drug-likeness (QED) is 0.595. The Morgan fingerprint density at radius 3 is 2.47 bits per heavy atom. The summed E-state index contributed by atoms with van der Waals surface area (Å²) in [6.07, 6.45) is -2.71. The third kappa shape index (κ3) is 4.01. The van der Waals surface area contributed by atoms with Gasteiger partial charge in [-0.2, -0.15) is 13.2 Å². The van der Waals surface area contributed by atoms with Crippen LogP contribution in [0.15, 0.2) is 66.9 Å². The van der Waals surface area contributed by atoms with Gasteiger partial charge in [-0.25, -0.2) is 0 Å². The van der Waals surface area contributed by atoms with Gasteiger partial charge >= 0.3 is 6.18 Å². The predicted octanol–water partition coefficient (Wildman–Crippen LogP) is 5.19. The summed E-state index contributed by atoms with van der Waals surface area (Å²) in [5.74, 6) is 0.264. The Labute approximate surface area is 171 Å². The average molecular weight is 412 g/mol. The average Bonchev–Trinajstić information content (AvgIpc) is 2.86. The summed E-state index contributed by atoms with van der Waals surface area (Å²) in [7, 11) is 0. The molecule has 3 aromatic rings. The van der Waals surface area contributed by atoms with Crippen LogP contribution in [0.2, 0.25) is 0 Å². The molecule has 2 aromatic carbocycles. The molecule has 0 radical (unpaired) electrons. The van der Waals surface area contributed by atoms with Crippen molar-refractivity contribution >= 4 is 5.91 Å². The van der Waals surface area contributed by atoms with Gasteiger partial charge in [0.25, 0.3) is 5.91 Å². The second kappa shape index (κ2) is 7.82. The molecule has 0 fully saturated rings. The summed E-state index contributed by atoms with van der Waals surface area (Å²) in [4.78, 5) is 19.3. The number of alkyl halides is 3. The van der Waals surface area contributed by atoms with Crippen molar-refractivity contribution in [3.05, 3.63) is 83.7 Å². The van der Waals surface area contributed by atoms with E-state index in [2.05, 4.69) is 4.98 Å². The lowest BCUT2D eigenvalue weighted by molar-refractivity contribution is -0.137. The van der Waals surface area contributed by atoms with Crippen LogP contribution in [-0.2, 0) is 12.7 Å². The Balaban J connectivity index is 1.66. The van der Waals surface area contributed by atoms with Crippen LogP contribution in [0.4, 0.5) is 13.2 Å². The summed E-state index contributed by atoms with van der Waals surface area (Å²) < 4.78 is 44.3. The molecule has 30 heavy (non-hydrogen) atoms. The number of ether oxygens (including phenoxy) is 1. The third-order valence-electron chi connectivity index (χ3n) is 5.09. The first-order chi connectivity index (χ1) is 14.3. The number of benzene rings is 2. The Morgan fingerprint density at radius 2 is 1.80 bits per heavy atom. The lowest BCUT2D eigenvalue weighted by Crippen LogP contribution is -2.39. The minimum atomic E-state index is -4.39. The van der Waals surface area contributed by atoms with Gasteiger partial charge < -0.3 is 9.64 Å². The Bertz CT molecular complexity index is 1050. The van der Waals surface area contributed by atoms with E-state index in [1.165, 1.54) is 12.1 Å². The summed E-state index contributed by atoms with van der Waals surface area (Å²) in [5, 5.41) is 0. The number of amides is 1. The molecule has 4 rings (SSSR count). The fourth-order valence-corrected chi connectivity index (χ4v) is 3.40. The van der Waals surface area contributed by atoms with Gasteiger partial charge in [-0.05, 0) is 54.4 Å². The zero-order valence-corrected chi connectivity index (χ0v) is 16.2. The van der Waals surface area contributed by atoms with Gasteiger partial charge in [0.2, 0.25) is 0 Å². The zero-order chi connectivity index (χ0) is 21.3. The highest BCUT2D eigenvalue weighted by molar-refractivity contribution is 5.98. The molecule has 1 aliphatic heterocycles. The molecule has 0 aliphatic carbocycles. The van der Waals surface area contributed by atoms with Crippen LogP contribution in [0, 0.1) is 0 Å². The highest BCUT2D eigenvalue weighted by Gasteiger charge is 2.31. The van der Waals surface area contributed by atoms with E-state index in [1.54, 1.807) is 29.3 Å². The van der Waals surface area contributed by atoms with Crippen LogP contribution in [0.5, 0.6) is 5.75 Å². The summed E-state index contributed by atoms with van der Waals surface area (Å²) in [6.45, 7) is 2.59. The maximum absolute atomic E-state index is 13.3. The largest absolute Gasteiger partial charge is 0.491 e. The number of nitrogens with zero attached hydrogens (tertiary/aromatic N) is 2. The molecule has 0 spiro atoms. The summed E-state index contributed by atoms with van der Waals surface area (Å²) >= 11 is 0. The molecular weight excluding hydrogens is 393 g/mol. The number of hydrogen-bond acceptors (Lipinski definition) is 3. The van der Waals surface area contributed by atoms with E-state index in [4.69, 9.17) is 4.74 Å². The van der Waals surface area contributed by atoms with Crippen LogP contribution in [-0.4, -0.2) is 28.4 Å². The van der Waals surface area contributed by atoms with Gasteiger partial charge in [0, 0.05) is 6.20 Å². The molecule has 0 saturated carbocycles. The summed E-state index contributed by atoms with van der Waals surface area (Å²) in [6, 6.07) is 15.3. The van der Waals surface area contributed by atoms with E-state index >= 15 is 0 Å². The van der Waals surface area contributed by atoms with Crippen LogP contribution in [0.3, 0.4) is 0 Å². The number of rotatable bonds is 3. The van der Waals surface area contributed by atoms with Gasteiger partial charge in [0.1, 0.15) is 12.4 Å². The van der Waals surface area contributed by atoms with Crippen molar-refractivity contribution < 1.29 is 22.7 Å². The van der Waals surface area contributed by atoms with Crippen molar-refractivity contribution in [1.82, 2.24) is 9.88 Å². The minimum absolute atomic E-state index is 0.165. The molecule has 0 N–H and O–H groups in total. The number of halogens is 3. The molecule has 2 heterocycles. The normalized spacial score (nSPS) is 16.6. The van der Waals surface area contributed by atoms with E-state index < -0.39 is 11.7 Å². The number of aromatic nitrogens is 1. The molecular formula is C23H19F3N2O2. The molecule has 154 valence electrons. The first kappa shape index (κ1) is 19.9. The first-order valence-electron chi connectivity index (χ1n) is 9.48. The predicted molar refractivity (Wildman–Crippen MR) is 106 cm³/mol. The Morgan fingerprint density at radius 1 is 1.07 bits per heavy atom. The number of carbonyl (C=O) groups excluding carboxylic acids is 1. The molecule has 4 nitrogen and oxygen atoms in total. The van der Waals surface area contributed by atoms with E-state index in [0.717, 1.165) is 17.8 Å². The zero-order valence-electron chi connectivity index (χ0n) is 16.2. The summed E-state index contributed by atoms with van der Waals surface area (Å²) in [5.41, 5.74) is 1.67.